The SMILES string of the molecule is C[C@@H]1NCCN(C)[C@@H]1C. The van der Waals surface area contributed by atoms with Crippen molar-refractivity contribution in [1.29, 1.82) is 0 Å². The van der Waals surface area contributed by atoms with E-state index in [1.54, 1.807) is 0 Å². The highest BCUT2D eigenvalue weighted by atomic mass is 15.2. The van der Waals surface area contributed by atoms with E-state index >= 15 is 0 Å². The number of nitrogens with zero attached hydrogens (tertiary/aromatic N) is 1. The third kappa shape index (κ3) is 1.43. The number of likely N-dealkylation sites (N-methyl/N-ethyl adjacent to an activating group) is 1. The van der Waals surface area contributed by atoms with E-state index in [0.717, 1.165) is 6.54 Å². The number of hydrogen-bond donors (Lipinski definition) is 1. The highest BCUT2D eigenvalue weighted by Crippen LogP contribution is 2.04. The van der Waals surface area contributed by atoms with Crippen molar-refractivity contribution < 1.29 is 0 Å². The minimum absolute atomic E-state index is 0.656. The second-order valence-electron chi connectivity index (χ2n) is 2.96. The molecule has 0 radical (unpaired) electrons. The van der Waals surface area contributed by atoms with Gasteiger partial charge < -0.3 is 10.2 Å². The highest BCUT2D eigenvalue weighted by molar-refractivity contribution is 4.80. The van der Waals surface area contributed by atoms with Crippen LogP contribution in [0.3, 0.4) is 0 Å². The quantitative estimate of drug-likeness (QED) is 0.504. The van der Waals surface area contributed by atoms with Crippen molar-refractivity contribution >= 4 is 0 Å². The van der Waals surface area contributed by atoms with Gasteiger partial charge in [0.2, 0.25) is 0 Å². The van der Waals surface area contributed by atoms with Crippen LogP contribution in [0, 0.1) is 0 Å². The van der Waals surface area contributed by atoms with Crippen molar-refractivity contribution in [2.24, 2.45) is 0 Å². The Balaban J connectivity index is 2.41. The van der Waals surface area contributed by atoms with Crippen molar-refractivity contribution in [1.82, 2.24) is 10.2 Å². The predicted molar refractivity (Wildman–Crippen MR) is 39.6 cm³/mol. The Morgan fingerprint density at radius 2 is 2.11 bits per heavy atom. The minimum Gasteiger partial charge on any atom is -0.311 e. The van der Waals surface area contributed by atoms with Gasteiger partial charge in [0, 0.05) is 25.2 Å². The van der Waals surface area contributed by atoms with Gasteiger partial charge in [0.15, 0.2) is 0 Å². The molecule has 0 saturated carbocycles. The fraction of sp³-hybridized carbons (Fsp3) is 1.00. The Kier molecular flexibility index (Phi) is 2.09. The van der Waals surface area contributed by atoms with Crippen LogP contribution in [0.15, 0.2) is 0 Å². The maximum Gasteiger partial charge on any atom is 0.0215 e. The number of piperazine rings is 1. The molecule has 0 bridgehead atoms. The zero-order valence-electron chi connectivity index (χ0n) is 6.52. The summed E-state index contributed by atoms with van der Waals surface area (Å²) < 4.78 is 0. The van der Waals surface area contributed by atoms with Gasteiger partial charge in [-0.25, -0.2) is 0 Å². The van der Waals surface area contributed by atoms with Crippen LogP contribution >= 0.6 is 0 Å². The summed E-state index contributed by atoms with van der Waals surface area (Å²) in [6, 6.07) is 1.35. The summed E-state index contributed by atoms with van der Waals surface area (Å²) >= 11 is 0. The van der Waals surface area contributed by atoms with Crippen LogP contribution in [0.2, 0.25) is 0 Å². The molecule has 9 heavy (non-hydrogen) atoms. The zero-order valence-corrected chi connectivity index (χ0v) is 6.52. The smallest absolute Gasteiger partial charge is 0.0215 e. The Morgan fingerprint density at radius 3 is 2.56 bits per heavy atom. The van der Waals surface area contributed by atoms with E-state index in [2.05, 4.69) is 31.1 Å². The molecule has 0 aromatic rings. The van der Waals surface area contributed by atoms with Gasteiger partial charge in [-0.3, -0.25) is 0 Å². The van der Waals surface area contributed by atoms with E-state index in [1.165, 1.54) is 6.54 Å². The van der Waals surface area contributed by atoms with Gasteiger partial charge >= 0.3 is 0 Å². The van der Waals surface area contributed by atoms with Crippen LogP contribution in [0.1, 0.15) is 13.8 Å². The molecule has 2 atom stereocenters. The van der Waals surface area contributed by atoms with Crippen LogP contribution < -0.4 is 5.32 Å². The van der Waals surface area contributed by atoms with Crippen LogP contribution in [0.5, 0.6) is 0 Å². The molecule has 1 rings (SSSR count). The maximum absolute atomic E-state index is 3.42. The molecule has 1 aliphatic heterocycles. The normalized spacial score (nSPS) is 39.0. The molecule has 2 nitrogen and oxygen atoms in total. The molecule has 0 aromatic heterocycles. The second-order valence-corrected chi connectivity index (χ2v) is 2.96. The van der Waals surface area contributed by atoms with E-state index in [9.17, 15) is 0 Å². The van der Waals surface area contributed by atoms with Crippen LogP contribution in [0.25, 0.3) is 0 Å². The van der Waals surface area contributed by atoms with Crippen molar-refractivity contribution in [3.05, 3.63) is 0 Å². The molecule has 1 fully saturated rings. The Hall–Kier alpha value is -0.0800. The molecule has 0 aliphatic carbocycles. The summed E-state index contributed by atoms with van der Waals surface area (Å²) in [5, 5.41) is 3.42. The van der Waals surface area contributed by atoms with Crippen LogP contribution in [0.4, 0.5) is 0 Å². The monoisotopic (exact) mass is 128 g/mol. The second kappa shape index (κ2) is 2.67. The Morgan fingerprint density at radius 1 is 1.44 bits per heavy atom. The fourth-order valence-corrected chi connectivity index (χ4v) is 1.22. The van der Waals surface area contributed by atoms with E-state index in [1.807, 2.05) is 0 Å². The Bertz CT molecular complexity index is 82.9. The molecule has 0 unspecified atom stereocenters. The molecular formula is C7H16N2. The summed E-state index contributed by atoms with van der Waals surface area (Å²) in [6.07, 6.45) is 0. The van der Waals surface area contributed by atoms with Crippen molar-refractivity contribution in [3.63, 3.8) is 0 Å². The van der Waals surface area contributed by atoms with Gasteiger partial charge in [-0.1, -0.05) is 0 Å². The van der Waals surface area contributed by atoms with E-state index in [-0.39, 0.29) is 0 Å². The molecule has 1 heterocycles. The fourth-order valence-electron chi connectivity index (χ4n) is 1.22. The first kappa shape index (κ1) is 7.03. The Labute approximate surface area is 57.2 Å². The molecule has 0 aromatic carbocycles. The lowest BCUT2D eigenvalue weighted by molar-refractivity contribution is 0.172. The molecule has 1 N–H and O–H groups in total. The number of hydrogen-bond acceptors (Lipinski definition) is 2. The first-order valence-electron chi connectivity index (χ1n) is 3.65. The predicted octanol–water partition coefficient (Wildman–Crippen LogP) is 0.298. The lowest BCUT2D eigenvalue weighted by Gasteiger charge is -2.35. The van der Waals surface area contributed by atoms with Gasteiger partial charge in [0.25, 0.3) is 0 Å². The van der Waals surface area contributed by atoms with Crippen molar-refractivity contribution in [2.45, 2.75) is 25.9 Å². The number of rotatable bonds is 0. The largest absolute Gasteiger partial charge is 0.311 e. The third-order valence-corrected chi connectivity index (χ3v) is 2.35. The highest BCUT2D eigenvalue weighted by Gasteiger charge is 2.19. The zero-order chi connectivity index (χ0) is 6.85. The summed E-state index contributed by atoms with van der Waals surface area (Å²) in [4.78, 5) is 2.39. The molecule has 0 spiro atoms. The summed E-state index contributed by atoms with van der Waals surface area (Å²) in [5.74, 6) is 0. The van der Waals surface area contributed by atoms with Gasteiger partial charge in [0.05, 0.1) is 0 Å². The van der Waals surface area contributed by atoms with Gasteiger partial charge in [0.1, 0.15) is 0 Å². The lowest BCUT2D eigenvalue weighted by Crippen LogP contribution is -2.53. The van der Waals surface area contributed by atoms with Gasteiger partial charge in [-0.15, -0.1) is 0 Å². The average molecular weight is 128 g/mol. The summed E-state index contributed by atoms with van der Waals surface area (Å²) in [5.41, 5.74) is 0. The van der Waals surface area contributed by atoms with Gasteiger partial charge in [-0.05, 0) is 20.9 Å². The number of nitrogens with one attached hydrogen (secondary N) is 1. The molecule has 1 saturated heterocycles. The van der Waals surface area contributed by atoms with E-state index < -0.39 is 0 Å². The first-order chi connectivity index (χ1) is 4.22. The molecule has 0 amide bonds. The molecular weight excluding hydrogens is 112 g/mol. The minimum atomic E-state index is 0.656. The summed E-state index contributed by atoms with van der Waals surface area (Å²) in [7, 11) is 2.18. The van der Waals surface area contributed by atoms with Crippen LogP contribution in [-0.4, -0.2) is 37.1 Å². The third-order valence-electron chi connectivity index (χ3n) is 2.35. The standard InChI is InChI=1S/C7H16N2/c1-6-7(2)9(3)5-4-8-6/h6-8H,4-5H2,1-3H3/t6-,7+/m0/s1. The van der Waals surface area contributed by atoms with E-state index in [0.29, 0.717) is 12.1 Å². The van der Waals surface area contributed by atoms with Crippen molar-refractivity contribution in [2.75, 3.05) is 20.1 Å². The topological polar surface area (TPSA) is 15.3 Å². The molecule has 1 aliphatic rings. The van der Waals surface area contributed by atoms with E-state index in [4.69, 9.17) is 0 Å². The molecule has 2 heteroatoms. The lowest BCUT2D eigenvalue weighted by atomic mass is 10.1. The van der Waals surface area contributed by atoms with Gasteiger partial charge in [-0.2, -0.15) is 0 Å². The van der Waals surface area contributed by atoms with Crippen molar-refractivity contribution in [3.8, 4) is 0 Å². The van der Waals surface area contributed by atoms with Crippen LogP contribution in [-0.2, 0) is 0 Å². The molecule has 54 valence electrons. The summed E-state index contributed by atoms with van der Waals surface area (Å²) in [6.45, 7) is 6.82. The average Bonchev–Trinajstić information content (AvgIpc) is 1.83. The maximum atomic E-state index is 3.42. The first-order valence-corrected chi connectivity index (χ1v) is 3.65.